The van der Waals surface area contributed by atoms with Gasteiger partial charge in [0.25, 0.3) is 0 Å². The zero-order chi connectivity index (χ0) is 15.8. The summed E-state index contributed by atoms with van der Waals surface area (Å²) >= 11 is 0. The first-order valence-electron chi connectivity index (χ1n) is 6.65. The fraction of sp³-hybridized carbons (Fsp3) is 0.312. The third kappa shape index (κ3) is 4.36. The summed E-state index contributed by atoms with van der Waals surface area (Å²) in [5.41, 5.74) is 1.40. The first kappa shape index (κ1) is 16.3. The van der Waals surface area contributed by atoms with Crippen molar-refractivity contribution in [1.82, 2.24) is 0 Å². The van der Waals surface area contributed by atoms with Crippen LogP contribution >= 0.6 is 0 Å². The van der Waals surface area contributed by atoms with E-state index < -0.39 is 5.97 Å². The summed E-state index contributed by atoms with van der Waals surface area (Å²) < 4.78 is 5.19. The second kappa shape index (κ2) is 7.72. The van der Waals surface area contributed by atoms with Crippen molar-refractivity contribution < 1.29 is 9.53 Å². The number of hydrogen-bond donors (Lipinski definition) is 0. The monoisotopic (exact) mass is 283 g/mol. The van der Waals surface area contributed by atoms with Gasteiger partial charge in [0, 0.05) is 37.3 Å². The van der Waals surface area contributed by atoms with Gasteiger partial charge in [-0.3, -0.25) is 4.79 Å². The molecule has 5 heteroatoms. The van der Waals surface area contributed by atoms with Crippen LogP contribution in [0.15, 0.2) is 23.8 Å². The van der Waals surface area contributed by atoms with E-state index in [9.17, 15) is 4.79 Å². The van der Waals surface area contributed by atoms with Crippen molar-refractivity contribution in [1.29, 1.82) is 10.5 Å². The molecule has 21 heavy (non-hydrogen) atoms. The molecule has 0 amide bonds. The maximum atomic E-state index is 11.2. The number of carbonyl (C=O) groups is 1. The topological polar surface area (TPSA) is 77.1 Å². The van der Waals surface area contributed by atoms with Crippen LogP contribution in [-0.4, -0.2) is 19.1 Å². The van der Waals surface area contributed by atoms with Gasteiger partial charge in [-0.1, -0.05) is 0 Å². The Kier molecular flexibility index (Phi) is 5.98. The molecule has 0 bridgehead atoms. The lowest BCUT2D eigenvalue weighted by molar-refractivity contribution is -0.131. The molecular weight excluding hydrogens is 266 g/mol. The number of ether oxygens (including phenoxy) is 1. The molecule has 0 spiro atoms. The van der Waals surface area contributed by atoms with E-state index in [-0.39, 0.29) is 5.57 Å². The Morgan fingerprint density at radius 2 is 1.90 bits per heavy atom. The van der Waals surface area contributed by atoms with Crippen LogP contribution in [-0.2, 0) is 4.79 Å². The molecule has 0 atom stereocenters. The first-order chi connectivity index (χ1) is 10.0. The predicted octanol–water partition coefficient (Wildman–Crippen LogP) is 2.89. The third-order valence-corrected chi connectivity index (χ3v) is 2.92. The number of carbonyl (C=O) groups excluding carboxylic acids is 1. The van der Waals surface area contributed by atoms with E-state index in [1.165, 1.54) is 13.0 Å². The van der Waals surface area contributed by atoms with E-state index in [2.05, 4.69) is 4.90 Å². The highest BCUT2D eigenvalue weighted by Crippen LogP contribution is 2.28. The molecule has 108 valence electrons. The maximum Gasteiger partial charge on any atom is 0.308 e. The van der Waals surface area contributed by atoms with Gasteiger partial charge in [-0.25, -0.2) is 0 Å². The van der Waals surface area contributed by atoms with Gasteiger partial charge in [-0.2, -0.15) is 10.5 Å². The Bertz CT molecular complexity index is 616. The normalized spacial score (nSPS) is 9.19. The second-order valence-electron chi connectivity index (χ2n) is 4.27. The van der Waals surface area contributed by atoms with E-state index in [0.717, 1.165) is 18.8 Å². The number of hydrogen-bond acceptors (Lipinski definition) is 5. The van der Waals surface area contributed by atoms with Gasteiger partial charge < -0.3 is 9.64 Å². The Labute approximate surface area is 124 Å². The summed E-state index contributed by atoms with van der Waals surface area (Å²) in [4.78, 5) is 13.3. The fourth-order valence-electron chi connectivity index (χ4n) is 1.92. The molecule has 0 N–H and O–H groups in total. The Hall–Kier alpha value is -2.79. The van der Waals surface area contributed by atoms with E-state index >= 15 is 0 Å². The quantitative estimate of drug-likeness (QED) is 0.471. The van der Waals surface area contributed by atoms with Crippen molar-refractivity contribution in [2.24, 2.45) is 0 Å². The van der Waals surface area contributed by atoms with Gasteiger partial charge in [0.1, 0.15) is 23.5 Å². The van der Waals surface area contributed by atoms with Crippen LogP contribution in [0.5, 0.6) is 5.75 Å². The van der Waals surface area contributed by atoms with Crippen molar-refractivity contribution in [2.75, 3.05) is 18.0 Å². The molecule has 0 aromatic heterocycles. The molecule has 1 aromatic carbocycles. The van der Waals surface area contributed by atoms with Gasteiger partial charge in [-0.05, 0) is 32.1 Å². The summed E-state index contributed by atoms with van der Waals surface area (Å²) in [6.07, 6.45) is 1.41. The summed E-state index contributed by atoms with van der Waals surface area (Å²) in [5, 5.41) is 17.6. The SMILES string of the molecule is CCN(CC)c1ccc(C=C(C#N)C#N)c(OC(C)=O)c1. The first-order valence-corrected chi connectivity index (χ1v) is 6.65. The summed E-state index contributed by atoms with van der Waals surface area (Å²) in [7, 11) is 0. The summed E-state index contributed by atoms with van der Waals surface area (Å²) in [6.45, 7) is 7.03. The van der Waals surface area contributed by atoms with Gasteiger partial charge in [-0.15, -0.1) is 0 Å². The maximum absolute atomic E-state index is 11.2. The minimum Gasteiger partial charge on any atom is -0.426 e. The van der Waals surface area contributed by atoms with Crippen LogP contribution in [0.25, 0.3) is 6.08 Å². The van der Waals surface area contributed by atoms with Gasteiger partial charge in [0.2, 0.25) is 0 Å². The lowest BCUT2D eigenvalue weighted by atomic mass is 10.1. The van der Waals surface area contributed by atoms with Gasteiger partial charge in [0.05, 0.1) is 0 Å². The van der Waals surface area contributed by atoms with Crippen molar-refractivity contribution in [2.45, 2.75) is 20.8 Å². The fourth-order valence-corrected chi connectivity index (χ4v) is 1.92. The molecule has 0 fully saturated rings. The smallest absolute Gasteiger partial charge is 0.308 e. The van der Waals surface area contributed by atoms with Crippen molar-refractivity contribution in [3.05, 3.63) is 29.3 Å². The van der Waals surface area contributed by atoms with E-state index in [4.69, 9.17) is 15.3 Å². The third-order valence-electron chi connectivity index (χ3n) is 2.92. The van der Waals surface area contributed by atoms with Crippen LogP contribution < -0.4 is 9.64 Å². The number of anilines is 1. The largest absolute Gasteiger partial charge is 0.426 e. The molecule has 0 aliphatic carbocycles. The van der Waals surface area contributed by atoms with Crippen LogP contribution in [0.1, 0.15) is 26.3 Å². The summed E-state index contributed by atoms with van der Waals surface area (Å²) in [5.74, 6) is -0.105. The van der Waals surface area contributed by atoms with Crippen LogP contribution in [0, 0.1) is 22.7 Å². The van der Waals surface area contributed by atoms with Gasteiger partial charge in [0.15, 0.2) is 0 Å². The minimum atomic E-state index is -0.447. The highest BCUT2D eigenvalue weighted by Gasteiger charge is 2.10. The molecule has 0 aliphatic heterocycles. The zero-order valence-corrected chi connectivity index (χ0v) is 12.4. The Morgan fingerprint density at radius 1 is 1.29 bits per heavy atom. The molecule has 0 aliphatic rings. The molecule has 0 radical (unpaired) electrons. The Balaban J connectivity index is 3.33. The number of benzene rings is 1. The molecular formula is C16H17N3O2. The van der Waals surface area contributed by atoms with Crippen molar-refractivity contribution >= 4 is 17.7 Å². The summed E-state index contributed by atoms with van der Waals surface area (Å²) in [6, 6.07) is 8.93. The van der Waals surface area contributed by atoms with E-state index in [1.807, 2.05) is 19.9 Å². The van der Waals surface area contributed by atoms with Crippen LogP contribution in [0.2, 0.25) is 0 Å². The molecule has 5 nitrogen and oxygen atoms in total. The van der Waals surface area contributed by atoms with E-state index in [0.29, 0.717) is 11.3 Å². The highest BCUT2D eigenvalue weighted by molar-refractivity contribution is 5.75. The molecule has 1 rings (SSSR count). The second-order valence-corrected chi connectivity index (χ2v) is 4.27. The number of rotatable bonds is 5. The molecule has 0 unspecified atom stereocenters. The molecule has 1 aromatic rings. The molecule has 0 saturated heterocycles. The number of nitriles is 2. The molecule has 0 heterocycles. The number of allylic oxidation sites excluding steroid dienone is 1. The number of esters is 1. The highest BCUT2D eigenvalue weighted by atomic mass is 16.5. The van der Waals surface area contributed by atoms with Crippen molar-refractivity contribution in [3.63, 3.8) is 0 Å². The standard InChI is InChI=1S/C16H17N3O2/c1-4-19(5-2)15-7-6-14(8-13(10-17)11-18)16(9-15)21-12(3)20/h6-9H,4-5H2,1-3H3. The van der Waals surface area contributed by atoms with Crippen LogP contribution in [0.4, 0.5) is 5.69 Å². The van der Waals surface area contributed by atoms with E-state index in [1.54, 1.807) is 24.3 Å². The lowest BCUT2D eigenvalue weighted by Crippen LogP contribution is -2.21. The lowest BCUT2D eigenvalue weighted by Gasteiger charge is -2.22. The van der Waals surface area contributed by atoms with Crippen LogP contribution in [0.3, 0.4) is 0 Å². The predicted molar refractivity (Wildman–Crippen MR) is 80.5 cm³/mol. The molecule has 0 saturated carbocycles. The zero-order valence-electron chi connectivity index (χ0n) is 12.4. The van der Waals surface area contributed by atoms with Gasteiger partial charge >= 0.3 is 5.97 Å². The Morgan fingerprint density at radius 3 is 2.38 bits per heavy atom. The number of nitrogens with zero attached hydrogens (tertiary/aromatic N) is 3. The average molecular weight is 283 g/mol. The minimum absolute atomic E-state index is 0.0426. The average Bonchev–Trinajstić information content (AvgIpc) is 2.47. The van der Waals surface area contributed by atoms with Crippen molar-refractivity contribution in [3.8, 4) is 17.9 Å².